The predicted octanol–water partition coefficient (Wildman–Crippen LogP) is 3.52. The van der Waals surface area contributed by atoms with E-state index in [0.717, 1.165) is 23.6 Å². The monoisotopic (exact) mass is 365 g/mol. The number of aliphatic imine (C=N–C) groups is 1. The van der Waals surface area contributed by atoms with Crippen LogP contribution in [-0.2, 0) is 6.54 Å². The molecule has 0 aliphatic rings. The third-order valence-electron chi connectivity index (χ3n) is 3.39. The summed E-state index contributed by atoms with van der Waals surface area (Å²) >= 11 is 1.67. The smallest absolute Gasteiger partial charge is 0.191 e. The molecule has 0 radical (unpaired) electrons. The third kappa shape index (κ3) is 6.62. The molecule has 0 amide bonds. The van der Waals surface area contributed by atoms with Gasteiger partial charge in [-0.1, -0.05) is 6.07 Å². The molecule has 0 aliphatic carbocycles. The van der Waals surface area contributed by atoms with Crippen molar-refractivity contribution >= 4 is 17.7 Å². The Labute approximate surface area is 150 Å². The second kappa shape index (κ2) is 9.88. The third-order valence-corrected chi connectivity index (χ3v) is 4.49. The molecule has 0 fully saturated rings. The summed E-state index contributed by atoms with van der Waals surface area (Å²) in [6.07, 6.45) is 0.913. The number of thioether (sulfide) groups is 1. The van der Waals surface area contributed by atoms with Crippen LogP contribution >= 0.6 is 11.8 Å². The molecule has 0 saturated carbocycles. The van der Waals surface area contributed by atoms with Crippen LogP contribution in [0.15, 0.2) is 52.4 Å². The highest BCUT2D eigenvalue weighted by Crippen LogP contribution is 2.18. The van der Waals surface area contributed by atoms with Crippen molar-refractivity contribution in [3.8, 4) is 5.75 Å². The van der Waals surface area contributed by atoms with Gasteiger partial charge < -0.3 is 15.7 Å². The van der Waals surface area contributed by atoms with E-state index >= 15 is 0 Å². The first-order valence-corrected chi connectivity index (χ1v) is 8.87. The van der Waals surface area contributed by atoms with Crippen molar-refractivity contribution in [1.82, 2.24) is 10.6 Å². The van der Waals surface area contributed by atoms with Crippen molar-refractivity contribution in [1.29, 1.82) is 0 Å². The van der Waals surface area contributed by atoms with Crippen molar-refractivity contribution in [2.45, 2.75) is 17.9 Å². The van der Waals surface area contributed by atoms with Gasteiger partial charge in [-0.25, -0.2) is 8.78 Å². The molecule has 2 aromatic carbocycles. The molecule has 0 unspecified atom stereocenters. The normalized spacial score (nSPS) is 11.4. The fraction of sp³-hybridized carbons (Fsp3) is 0.278. The molecule has 0 saturated heterocycles. The molecule has 7 heteroatoms. The summed E-state index contributed by atoms with van der Waals surface area (Å²) in [7, 11) is 1.67. The van der Waals surface area contributed by atoms with E-state index in [2.05, 4.69) is 15.6 Å². The Morgan fingerprint density at radius 2 is 1.88 bits per heavy atom. The van der Waals surface area contributed by atoms with Gasteiger partial charge in [0, 0.05) is 25.0 Å². The number of rotatable bonds is 7. The molecule has 2 aromatic rings. The van der Waals surface area contributed by atoms with E-state index in [1.165, 1.54) is 24.3 Å². The minimum atomic E-state index is -0.639. The summed E-state index contributed by atoms with van der Waals surface area (Å²) < 4.78 is 26.1. The molecule has 0 aliphatic heterocycles. The summed E-state index contributed by atoms with van der Waals surface area (Å²) in [6, 6.07) is 10.7. The van der Waals surface area contributed by atoms with Crippen LogP contribution in [0.4, 0.5) is 8.78 Å². The van der Waals surface area contributed by atoms with Crippen molar-refractivity contribution in [3.63, 3.8) is 0 Å². The summed E-state index contributed by atoms with van der Waals surface area (Å²) in [5, 5.41) is 15.5. The molecule has 134 valence electrons. The van der Waals surface area contributed by atoms with Gasteiger partial charge in [-0.05, 0) is 54.1 Å². The lowest BCUT2D eigenvalue weighted by Gasteiger charge is -2.12. The van der Waals surface area contributed by atoms with Gasteiger partial charge >= 0.3 is 0 Å². The number of guanidine groups is 1. The molecule has 4 nitrogen and oxygen atoms in total. The standard InChI is InChI=1S/C18H21F2N3OS/c1-21-18(23-12-13-3-8-17(24)16(20)11-13)22-9-2-10-25-15-6-4-14(19)5-7-15/h3-8,11,24H,2,9-10,12H2,1H3,(H2,21,22,23). The molecule has 0 spiro atoms. The van der Waals surface area contributed by atoms with Crippen molar-refractivity contribution < 1.29 is 13.9 Å². The molecular weight excluding hydrogens is 344 g/mol. The molecule has 0 heterocycles. The lowest BCUT2D eigenvalue weighted by Crippen LogP contribution is -2.37. The van der Waals surface area contributed by atoms with Crippen molar-refractivity contribution in [3.05, 3.63) is 59.7 Å². The molecular formula is C18H21F2N3OS. The average Bonchev–Trinajstić information content (AvgIpc) is 2.62. The number of benzene rings is 2. The van der Waals surface area contributed by atoms with Gasteiger partial charge in [0.05, 0.1) is 0 Å². The minimum absolute atomic E-state index is 0.227. The van der Waals surface area contributed by atoms with E-state index < -0.39 is 5.82 Å². The molecule has 0 bridgehead atoms. The number of hydrogen-bond acceptors (Lipinski definition) is 3. The van der Waals surface area contributed by atoms with Crippen molar-refractivity contribution in [2.24, 2.45) is 4.99 Å². The molecule has 0 aromatic heterocycles. The van der Waals surface area contributed by atoms with E-state index in [1.807, 2.05) is 0 Å². The number of hydrogen-bond donors (Lipinski definition) is 3. The van der Waals surface area contributed by atoms with Crippen LogP contribution in [0.25, 0.3) is 0 Å². The summed E-state index contributed by atoms with van der Waals surface area (Å²) in [6.45, 7) is 1.14. The van der Waals surface area contributed by atoms with Crippen LogP contribution in [-0.4, -0.2) is 30.4 Å². The number of aromatic hydroxyl groups is 1. The van der Waals surface area contributed by atoms with Gasteiger partial charge in [-0.3, -0.25) is 4.99 Å². The second-order valence-corrected chi connectivity index (χ2v) is 6.46. The first-order valence-electron chi connectivity index (χ1n) is 7.89. The fourth-order valence-electron chi connectivity index (χ4n) is 2.07. The van der Waals surface area contributed by atoms with Crippen LogP contribution in [0.2, 0.25) is 0 Å². The van der Waals surface area contributed by atoms with E-state index in [-0.39, 0.29) is 11.6 Å². The SMILES string of the molecule is CN=C(NCCCSc1ccc(F)cc1)NCc1ccc(O)c(F)c1. The maximum absolute atomic E-state index is 13.3. The van der Waals surface area contributed by atoms with E-state index in [0.29, 0.717) is 18.1 Å². The average molecular weight is 365 g/mol. The lowest BCUT2D eigenvalue weighted by atomic mass is 10.2. The Balaban J connectivity index is 1.66. The molecule has 2 rings (SSSR count). The maximum Gasteiger partial charge on any atom is 0.191 e. The van der Waals surface area contributed by atoms with Crippen LogP contribution < -0.4 is 10.6 Å². The molecule has 25 heavy (non-hydrogen) atoms. The highest BCUT2D eigenvalue weighted by Gasteiger charge is 2.03. The predicted molar refractivity (Wildman–Crippen MR) is 98.0 cm³/mol. The number of phenolic OH excluding ortho intramolecular Hbond substituents is 1. The Morgan fingerprint density at radius 1 is 1.12 bits per heavy atom. The van der Waals surface area contributed by atoms with E-state index in [9.17, 15) is 13.9 Å². The topological polar surface area (TPSA) is 56.7 Å². The Hall–Kier alpha value is -2.28. The van der Waals surface area contributed by atoms with Gasteiger partial charge in [0.15, 0.2) is 17.5 Å². The summed E-state index contributed by atoms with van der Waals surface area (Å²) in [5.41, 5.74) is 0.713. The summed E-state index contributed by atoms with van der Waals surface area (Å²) in [4.78, 5) is 5.15. The number of nitrogens with zero attached hydrogens (tertiary/aromatic N) is 1. The maximum atomic E-state index is 13.3. The second-order valence-electron chi connectivity index (χ2n) is 5.29. The minimum Gasteiger partial charge on any atom is -0.505 e. The lowest BCUT2D eigenvalue weighted by molar-refractivity contribution is 0.431. The summed E-state index contributed by atoms with van der Waals surface area (Å²) in [5.74, 6) is 0.304. The van der Waals surface area contributed by atoms with Gasteiger partial charge in [-0.2, -0.15) is 0 Å². The van der Waals surface area contributed by atoms with E-state index in [4.69, 9.17) is 0 Å². The van der Waals surface area contributed by atoms with Crippen LogP contribution in [0, 0.1) is 11.6 Å². The highest BCUT2D eigenvalue weighted by molar-refractivity contribution is 7.99. The Bertz CT molecular complexity index is 708. The quantitative estimate of drug-likeness (QED) is 0.304. The first-order chi connectivity index (χ1) is 12.1. The first kappa shape index (κ1) is 19.1. The Morgan fingerprint density at radius 3 is 2.56 bits per heavy atom. The number of halogens is 2. The van der Waals surface area contributed by atoms with Crippen LogP contribution in [0.3, 0.4) is 0 Å². The molecule has 0 atom stereocenters. The Kier molecular flexibility index (Phi) is 7.53. The highest BCUT2D eigenvalue weighted by atomic mass is 32.2. The fourth-order valence-corrected chi connectivity index (χ4v) is 2.92. The van der Waals surface area contributed by atoms with Gasteiger partial charge in [0.2, 0.25) is 0 Å². The molecule has 3 N–H and O–H groups in total. The van der Waals surface area contributed by atoms with Gasteiger partial charge in [-0.15, -0.1) is 11.8 Å². The van der Waals surface area contributed by atoms with Gasteiger partial charge in [0.1, 0.15) is 5.82 Å². The zero-order valence-corrected chi connectivity index (χ0v) is 14.7. The van der Waals surface area contributed by atoms with E-state index in [1.54, 1.807) is 37.0 Å². The van der Waals surface area contributed by atoms with Crippen LogP contribution in [0.1, 0.15) is 12.0 Å². The largest absolute Gasteiger partial charge is 0.505 e. The zero-order chi connectivity index (χ0) is 18.1. The zero-order valence-electron chi connectivity index (χ0n) is 13.9. The number of nitrogens with one attached hydrogen (secondary N) is 2. The number of phenols is 1. The van der Waals surface area contributed by atoms with Gasteiger partial charge in [0.25, 0.3) is 0 Å². The van der Waals surface area contributed by atoms with Crippen LogP contribution in [0.5, 0.6) is 5.75 Å². The van der Waals surface area contributed by atoms with Crippen molar-refractivity contribution in [2.75, 3.05) is 19.3 Å².